The Kier molecular flexibility index (Phi) is 2.93. The Labute approximate surface area is 95.9 Å². The van der Waals surface area contributed by atoms with Crippen molar-refractivity contribution >= 4 is 5.69 Å². The highest BCUT2D eigenvalue weighted by Crippen LogP contribution is 2.29. The van der Waals surface area contributed by atoms with Crippen LogP contribution in [-0.2, 0) is 6.54 Å². The van der Waals surface area contributed by atoms with E-state index in [1.54, 1.807) is 0 Å². The van der Waals surface area contributed by atoms with Crippen molar-refractivity contribution in [2.75, 3.05) is 5.73 Å². The molecule has 0 saturated heterocycles. The third-order valence-corrected chi connectivity index (χ3v) is 2.74. The van der Waals surface area contributed by atoms with Gasteiger partial charge in [0.1, 0.15) is 0 Å². The van der Waals surface area contributed by atoms with Gasteiger partial charge in [0.25, 0.3) is 0 Å². The van der Waals surface area contributed by atoms with E-state index >= 15 is 0 Å². The summed E-state index contributed by atoms with van der Waals surface area (Å²) >= 11 is 0. The van der Waals surface area contributed by atoms with Crippen molar-refractivity contribution in [2.24, 2.45) is 5.73 Å². The predicted octanol–water partition coefficient (Wildman–Crippen LogP) is 2.70. The molecular formula is C14H16N2. The maximum Gasteiger partial charge on any atom is 0.0394 e. The van der Waals surface area contributed by atoms with E-state index in [-0.39, 0.29) is 0 Å². The first-order valence-corrected chi connectivity index (χ1v) is 5.37. The van der Waals surface area contributed by atoms with Gasteiger partial charge in [-0.1, -0.05) is 35.9 Å². The normalized spacial score (nSPS) is 10.4. The van der Waals surface area contributed by atoms with E-state index in [1.165, 1.54) is 5.56 Å². The van der Waals surface area contributed by atoms with Gasteiger partial charge in [-0.05, 0) is 30.2 Å². The molecule has 0 unspecified atom stereocenters. The van der Waals surface area contributed by atoms with Crippen LogP contribution in [0, 0.1) is 6.92 Å². The van der Waals surface area contributed by atoms with Crippen LogP contribution in [0.1, 0.15) is 11.1 Å². The van der Waals surface area contributed by atoms with E-state index in [0.717, 1.165) is 22.4 Å². The maximum atomic E-state index is 6.00. The first-order valence-electron chi connectivity index (χ1n) is 5.37. The molecule has 4 N–H and O–H groups in total. The fraction of sp³-hybridized carbons (Fsp3) is 0.143. The minimum atomic E-state index is 0.531. The quantitative estimate of drug-likeness (QED) is 0.752. The number of nitrogens with two attached hydrogens (primary N) is 2. The van der Waals surface area contributed by atoms with Crippen molar-refractivity contribution in [3.63, 3.8) is 0 Å². The molecule has 2 rings (SSSR count). The number of benzene rings is 2. The van der Waals surface area contributed by atoms with Crippen molar-refractivity contribution in [3.8, 4) is 11.1 Å². The summed E-state index contributed by atoms with van der Waals surface area (Å²) in [5, 5.41) is 0. The molecule has 82 valence electrons. The lowest BCUT2D eigenvalue weighted by Crippen LogP contribution is -2.00. The van der Waals surface area contributed by atoms with Crippen LogP contribution in [0.25, 0.3) is 11.1 Å². The molecule has 0 spiro atoms. The summed E-state index contributed by atoms with van der Waals surface area (Å²) in [6.07, 6.45) is 0. The van der Waals surface area contributed by atoms with E-state index in [4.69, 9.17) is 11.5 Å². The predicted molar refractivity (Wildman–Crippen MR) is 68.9 cm³/mol. The number of aryl methyl sites for hydroxylation is 1. The van der Waals surface area contributed by atoms with Gasteiger partial charge in [-0.2, -0.15) is 0 Å². The Bertz CT molecular complexity index is 504. The third-order valence-electron chi connectivity index (χ3n) is 2.74. The Morgan fingerprint density at radius 3 is 2.50 bits per heavy atom. The molecule has 0 heterocycles. The van der Waals surface area contributed by atoms with Crippen LogP contribution in [0.2, 0.25) is 0 Å². The number of hydrogen-bond acceptors (Lipinski definition) is 2. The number of rotatable bonds is 2. The Morgan fingerprint density at radius 1 is 1.00 bits per heavy atom. The first-order chi connectivity index (χ1) is 7.72. The minimum Gasteiger partial charge on any atom is -0.398 e. The second-order valence-electron chi connectivity index (χ2n) is 3.95. The monoisotopic (exact) mass is 212 g/mol. The van der Waals surface area contributed by atoms with Crippen LogP contribution in [-0.4, -0.2) is 0 Å². The zero-order chi connectivity index (χ0) is 11.5. The summed E-state index contributed by atoms with van der Waals surface area (Å²) in [5.41, 5.74) is 17.1. The molecule has 2 aromatic carbocycles. The minimum absolute atomic E-state index is 0.531. The van der Waals surface area contributed by atoms with Gasteiger partial charge >= 0.3 is 0 Å². The molecule has 0 aliphatic carbocycles. The lowest BCUT2D eigenvalue weighted by atomic mass is 9.97. The average Bonchev–Trinajstić information content (AvgIpc) is 2.32. The highest BCUT2D eigenvalue weighted by Gasteiger charge is 2.06. The van der Waals surface area contributed by atoms with Crippen molar-refractivity contribution < 1.29 is 0 Å². The standard InChI is InChI=1S/C14H16N2/c1-10-6-7-14(16)13(8-10)12-5-3-2-4-11(12)9-15/h2-8H,9,15-16H2,1H3. The van der Waals surface area contributed by atoms with Gasteiger partial charge in [-0.15, -0.1) is 0 Å². The lowest BCUT2D eigenvalue weighted by molar-refractivity contribution is 1.07. The van der Waals surface area contributed by atoms with E-state index in [2.05, 4.69) is 19.1 Å². The molecular weight excluding hydrogens is 196 g/mol. The van der Waals surface area contributed by atoms with E-state index < -0.39 is 0 Å². The molecule has 2 nitrogen and oxygen atoms in total. The lowest BCUT2D eigenvalue weighted by Gasteiger charge is -2.11. The molecule has 0 radical (unpaired) electrons. The van der Waals surface area contributed by atoms with Crippen molar-refractivity contribution in [2.45, 2.75) is 13.5 Å². The van der Waals surface area contributed by atoms with Crippen LogP contribution >= 0.6 is 0 Å². The van der Waals surface area contributed by atoms with E-state index in [9.17, 15) is 0 Å². The zero-order valence-corrected chi connectivity index (χ0v) is 9.40. The van der Waals surface area contributed by atoms with Crippen LogP contribution < -0.4 is 11.5 Å². The summed E-state index contributed by atoms with van der Waals surface area (Å²) in [6, 6.07) is 14.2. The molecule has 0 aliphatic heterocycles. The summed E-state index contributed by atoms with van der Waals surface area (Å²) in [4.78, 5) is 0. The average molecular weight is 212 g/mol. The molecule has 2 aromatic rings. The summed E-state index contributed by atoms with van der Waals surface area (Å²) in [6.45, 7) is 2.59. The fourth-order valence-corrected chi connectivity index (χ4v) is 1.86. The van der Waals surface area contributed by atoms with Crippen molar-refractivity contribution in [3.05, 3.63) is 53.6 Å². The van der Waals surface area contributed by atoms with Crippen LogP contribution in [0.3, 0.4) is 0 Å². The third kappa shape index (κ3) is 1.92. The Hall–Kier alpha value is -1.80. The van der Waals surface area contributed by atoms with Gasteiger partial charge in [0, 0.05) is 17.8 Å². The molecule has 0 aromatic heterocycles. The molecule has 16 heavy (non-hydrogen) atoms. The van der Waals surface area contributed by atoms with Gasteiger partial charge < -0.3 is 11.5 Å². The van der Waals surface area contributed by atoms with Crippen molar-refractivity contribution in [1.82, 2.24) is 0 Å². The second-order valence-corrected chi connectivity index (χ2v) is 3.95. The SMILES string of the molecule is Cc1ccc(N)c(-c2ccccc2CN)c1. The van der Waals surface area contributed by atoms with Crippen molar-refractivity contribution in [1.29, 1.82) is 0 Å². The number of anilines is 1. The summed E-state index contributed by atoms with van der Waals surface area (Å²) in [7, 11) is 0. The van der Waals surface area contributed by atoms with Gasteiger partial charge in [0.2, 0.25) is 0 Å². The molecule has 2 heteroatoms. The fourth-order valence-electron chi connectivity index (χ4n) is 1.86. The van der Waals surface area contributed by atoms with Gasteiger partial charge in [0.05, 0.1) is 0 Å². The van der Waals surface area contributed by atoms with Crippen LogP contribution in [0.4, 0.5) is 5.69 Å². The first kappa shape index (κ1) is 10.7. The van der Waals surface area contributed by atoms with Crippen LogP contribution in [0.15, 0.2) is 42.5 Å². The summed E-state index contributed by atoms with van der Waals surface area (Å²) in [5.74, 6) is 0. The van der Waals surface area contributed by atoms with E-state index in [1.807, 2.05) is 30.3 Å². The second kappa shape index (κ2) is 4.37. The van der Waals surface area contributed by atoms with Gasteiger partial charge in [-0.3, -0.25) is 0 Å². The molecule has 0 atom stereocenters. The number of nitrogen functional groups attached to an aromatic ring is 1. The summed E-state index contributed by atoms with van der Waals surface area (Å²) < 4.78 is 0. The molecule has 0 aliphatic rings. The number of hydrogen-bond donors (Lipinski definition) is 2. The zero-order valence-electron chi connectivity index (χ0n) is 9.40. The smallest absolute Gasteiger partial charge is 0.0394 e. The molecule has 0 amide bonds. The molecule has 0 saturated carbocycles. The highest BCUT2D eigenvalue weighted by atomic mass is 14.6. The van der Waals surface area contributed by atoms with Gasteiger partial charge in [0.15, 0.2) is 0 Å². The van der Waals surface area contributed by atoms with Gasteiger partial charge in [-0.25, -0.2) is 0 Å². The van der Waals surface area contributed by atoms with E-state index in [0.29, 0.717) is 6.54 Å². The topological polar surface area (TPSA) is 52.0 Å². The molecule has 0 fully saturated rings. The Morgan fingerprint density at radius 2 is 1.75 bits per heavy atom. The Balaban J connectivity index is 2.62. The highest BCUT2D eigenvalue weighted by molar-refractivity contribution is 5.79. The largest absolute Gasteiger partial charge is 0.398 e. The van der Waals surface area contributed by atoms with Crippen LogP contribution in [0.5, 0.6) is 0 Å². The maximum absolute atomic E-state index is 6.00. The molecule has 0 bridgehead atoms.